The Morgan fingerprint density at radius 3 is 1.30 bits per heavy atom. The number of aliphatic hydroxyl groups excluding tert-OH is 1. The van der Waals surface area contributed by atoms with Crippen molar-refractivity contribution in [2.45, 2.75) is 25.6 Å². The predicted octanol–water partition coefficient (Wildman–Crippen LogP) is 5.39. The largest absolute Gasteiger partial charge is 0.495 e. The van der Waals surface area contributed by atoms with Crippen molar-refractivity contribution in [2.75, 3.05) is 66.9 Å². The third-order valence-corrected chi connectivity index (χ3v) is 8.67. The van der Waals surface area contributed by atoms with Crippen molar-refractivity contribution in [1.82, 2.24) is 0 Å². The fraction of sp³-hybridized carbons (Fsp3) is 0.286. The number of methoxy groups -OCH3 is 8. The molecule has 0 radical (unpaired) electrons. The van der Waals surface area contributed by atoms with E-state index in [4.69, 9.17) is 49.4 Å². The van der Waals surface area contributed by atoms with E-state index in [1.54, 1.807) is 72.8 Å². The summed E-state index contributed by atoms with van der Waals surface area (Å²) in [5.74, 6) is 1.66. The molecule has 5 N–H and O–H groups in total. The van der Waals surface area contributed by atoms with Gasteiger partial charge in [-0.2, -0.15) is 0 Å². The fourth-order valence-corrected chi connectivity index (χ4v) is 5.96. The van der Waals surface area contributed by atoms with Crippen LogP contribution in [0.1, 0.15) is 35.6 Å². The average molecular weight is 787 g/mol. The van der Waals surface area contributed by atoms with Gasteiger partial charge in [0.25, 0.3) is 5.91 Å². The Morgan fingerprint density at radius 1 is 0.579 bits per heavy atom. The van der Waals surface area contributed by atoms with Crippen LogP contribution in [-0.2, 0) is 9.59 Å². The molecule has 0 aliphatic carbocycles. The lowest BCUT2D eigenvalue weighted by Gasteiger charge is -2.40. The van der Waals surface area contributed by atoms with Crippen LogP contribution in [0.4, 0.5) is 11.4 Å². The second-order valence-electron chi connectivity index (χ2n) is 12.4. The summed E-state index contributed by atoms with van der Waals surface area (Å²) in [5.41, 5.74) is 15.5. The molecule has 4 aromatic carbocycles. The molecular weight excluding hydrogens is 736 g/mol. The van der Waals surface area contributed by atoms with Gasteiger partial charge in [0, 0.05) is 0 Å². The second kappa shape index (κ2) is 19.8. The molecule has 0 saturated carbocycles. The van der Waals surface area contributed by atoms with Gasteiger partial charge >= 0.3 is 0 Å². The van der Waals surface area contributed by atoms with Crippen molar-refractivity contribution in [3.8, 4) is 46.0 Å². The van der Waals surface area contributed by atoms with E-state index < -0.39 is 24.1 Å². The highest BCUT2D eigenvalue weighted by Crippen LogP contribution is 2.41. The molecule has 0 unspecified atom stereocenters. The van der Waals surface area contributed by atoms with Crippen LogP contribution < -0.4 is 59.4 Å². The topological polar surface area (TPSA) is 187 Å². The van der Waals surface area contributed by atoms with Crippen LogP contribution >= 0.6 is 0 Å². The lowest BCUT2D eigenvalue weighted by Crippen LogP contribution is -2.61. The Morgan fingerprint density at radius 2 is 0.947 bits per heavy atom. The van der Waals surface area contributed by atoms with Crippen LogP contribution in [0.25, 0.3) is 24.3 Å². The number of amides is 2. The van der Waals surface area contributed by atoms with Crippen molar-refractivity contribution in [3.05, 3.63) is 82.9 Å². The van der Waals surface area contributed by atoms with E-state index in [1.165, 1.54) is 73.8 Å². The number of aliphatic hydroxyl groups is 1. The van der Waals surface area contributed by atoms with Gasteiger partial charge in [0.05, 0.1) is 69.4 Å². The molecule has 0 spiro atoms. The van der Waals surface area contributed by atoms with E-state index in [-0.39, 0.29) is 29.3 Å². The third kappa shape index (κ3) is 10.00. The van der Waals surface area contributed by atoms with Gasteiger partial charge < -0.3 is 54.5 Å². The molecule has 304 valence electrons. The molecule has 0 saturated heterocycles. The monoisotopic (exact) mass is 786 g/mol. The summed E-state index contributed by atoms with van der Waals surface area (Å²) in [6, 6.07) is 17.4. The van der Waals surface area contributed by atoms with Gasteiger partial charge in [-0.3, -0.25) is 9.59 Å². The number of primary amides is 1. The number of benzene rings is 4. The van der Waals surface area contributed by atoms with E-state index in [1.807, 2.05) is 12.2 Å². The molecule has 0 heterocycles. The predicted molar refractivity (Wildman–Crippen MR) is 219 cm³/mol. The molecule has 0 fully saturated rings. The minimum absolute atomic E-state index is 0.187. The van der Waals surface area contributed by atoms with E-state index >= 15 is 0 Å². The second-order valence-corrected chi connectivity index (χ2v) is 12.4. The number of hydrogen-bond donors (Lipinski definition) is 3. The highest BCUT2D eigenvalue weighted by molar-refractivity contribution is 6.01. The van der Waals surface area contributed by atoms with Crippen LogP contribution in [0.5, 0.6) is 46.0 Å². The van der Waals surface area contributed by atoms with Crippen molar-refractivity contribution in [1.29, 1.82) is 0 Å². The number of anilines is 2. The van der Waals surface area contributed by atoms with E-state index in [0.717, 1.165) is 11.1 Å². The summed E-state index contributed by atoms with van der Waals surface area (Å²) in [4.78, 5) is 27.3. The lowest BCUT2D eigenvalue weighted by molar-refractivity contribution is -0.121. The Bertz CT molecular complexity index is 2050. The molecule has 2 amide bonds. The zero-order valence-corrected chi connectivity index (χ0v) is 33.5. The highest BCUT2D eigenvalue weighted by atomic mass is 16.5. The Labute approximate surface area is 332 Å². The molecule has 0 aliphatic rings. The first-order valence-corrected chi connectivity index (χ1v) is 17.6. The molecule has 15 nitrogen and oxygen atoms in total. The SMILES string of the molecule is COc1ccc(C=Cc2cc(OC)c(OC)c(OC)c2)cc1N(C(=O)C[C@@H](C)O)N(c1cc(C=Cc2cc(OC)c(OC)c(OC)c2)ccc1OC)[C@H](N)C(N)=O. The first-order chi connectivity index (χ1) is 27.4. The van der Waals surface area contributed by atoms with E-state index in [9.17, 15) is 14.7 Å². The first-order valence-electron chi connectivity index (χ1n) is 17.6. The van der Waals surface area contributed by atoms with Crippen LogP contribution in [-0.4, -0.2) is 86.1 Å². The quantitative estimate of drug-likeness (QED) is 0.0625. The van der Waals surface area contributed by atoms with Gasteiger partial charge in [-0.05, 0) is 77.7 Å². The summed E-state index contributed by atoms with van der Waals surface area (Å²) in [7, 11) is 12.0. The number of nitrogens with zero attached hydrogens (tertiary/aromatic N) is 2. The zero-order chi connectivity index (χ0) is 41.8. The van der Waals surface area contributed by atoms with Crippen molar-refractivity contribution in [2.24, 2.45) is 11.5 Å². The molecule has 4 aromatic rings. The summed E-state index contributed by atoms with van der Waals surface area (Å²) in [6.45, 7) is 1.47. The minimum atomic E-state index is -1.62. The smallest absolute Gasteiger partial charge is 0.256 e. The molecule has 0 aliphatic heterocycles. The highest BCUT2D eigenvalue weighted by Gasteiger charge is 2.35. The molecule has 0 bridgehead atoms. The minimum Gasteiger partial charge on any atom is -0.495 e. The molecule has 15 heteroatoms. The van der Waals surface area contributed by atoms with Crippen molar-refractivity contribution < 1.29 is 52.6 Å². The van der Waals surface area contributed by atoms with Crippen LogP contribution in [0.3, 0.4) is 0 Å². The first kappa shape index (κ1) is 43.2. The van der Waals surface area contributed by atoms with Gasteiger partial charge in [0.1, 0.15) is 22.9 Å². The molecule has 4 rings (SSSR count). The standard InChI is InChI=1S/C42H50N4O11/c1-25(47)18-38(48)45(30-19-26(14-16-32(30)50-2)10-12-28-21-34(52-4)39(56-8)35(22-28)53-5)46(41(43)42(44)49)31-20-27(15-17-33(31)51-3)11-13-29-23-36(54-6)40(57-9)37(24-29)55-7/h10-17,19-25,41,47H,18,43H2,1-9H3,(H2,44,49)/t25-,41+/m1/s1. The maximum atomic E-state index is 14.3. The Hall–Kier alpha value is -6.58. The third-order valence-electron chi connectivity index (χ3n) is 8.67. The average Bonchev–Trinajstić information content (AvgIpc) is 3.22. The number of ether oxygens (including phenoxy) is 8. The fourth-order valence-electron chi connectivity index (χ4n) is 5.96. The number of carbonyl (C=O) groups is 2. The number of nitrogens with two attached hydrogens (primary N) is 2. The number of rotatable bonds is 19. The van der Waals surface area contributed by atoms with Crippen LogP contribution in [0.2, 0.25) is 0 Å². The normalized spacial score (nSPS) is 12.1. The Balaban J connectivity index is 1.92. The summed E-state index contributed by atoms with van der Waals surface area (Å²) in [5, 5.41) is 12.8. The summed E-state index contributed by atoms with van der Waals surface area (Å²) < 4.78 is 44.4. The maximum Gasteiger partial charge on any atom is 0.256 e. The summed E-state index contributed by atoms with van der Waals surface area (Å²) in [6.07, 6.45) is 4.18. The van der Waals surface area contributed by atoms with Crippen molar-refractivity contribution in [3.63, 3.8) is 0 Å². The van der Waals surface area contributed by atoms with Crippen LogP contribution in [0.15, 0.2) is 60.7 Å². The van der Waals surface area contributed by atoms with Gasteiger partial charge in [-0.1, -0.05) is 36.4 Å². The van der Waals surface area contributed by atoms with Gasteiger partial charge in [0.2, 0.25) is 17.4 Å². The molecule has 0 aromatic heterocycles. The molecular formula is C42H50N4O11. The zero-order valence-electron chi connectivity index (χ0n) is 33.5. The molecule has 2 atom stereocenters. The van der Waals surface area contributed by atoms with E-state index in [2.05, 4.69) is 0 Å². The lowest BCUT2D eigenvalue weighted by atomic mass is 10.1. The van der Waals surface area contributed by atoms with Gasteiger partial charge in [-0.25, -0.2) is 10.0 Å². The van der Waals surface area contributed by atoms with Crippen LogP contribution in [0, 0.1) is 0 Å². The number of carbonyl (C=O) groups excluding carboxylic acids is 2. The van der Waals surface area contributed by atoms with E-state index in [0.29, 0.717) is 45.6 Å². The van der Waals surface area contributed by atoms with Gasteiger partial charge in [-0.15, -0.1) is 0 Å². The number of hydrogen-bond acceptors (Lipinski definition) is 13. The maximum absolute atomic E-state index is 14.3. The van der Waals surface area contributed by atoms with Gasteiger partial charge in [0.15, 0.2) is 29.2 Å². The Kier molecular flexibility index (Phi) is 15.0. The number of hydrazine groups is 1. The van der Waals surface area contributed by atoms with Crippen molar-refractivity contribution >= 4 is 47.5 Å². The summed E-state index contributed by atoms with van der Waals surface area (Å²) >= 11 is 0. The molecule has 57 heavy (non-hydrogen) atoms.